The molecular weight excluding hydrogens is 267 g/mol. The Morgan fingerprint density at radius 3 is 2.47 bits per heavy atom. The lowest BCUT2D eigenvalue weighted by Gasteiger charge is -2.20. The van der Waals surface area contributed by atoms with E-state index in [1.54, 1.807) is 31.2 Å². The van der Waals surface area contributed by atoms with Gasteiger partial charge in [0.15, 0.2) is 5.82 Å². The summed E-state index contributed by atoms with van der Waals surface area (Å²) in [5, 5.41) is -0.569. The number of pyridine rings is 1. The molecule has 1 heterocycles. The van der Waals surface area contributed by atoms with E-state index in [0.717, 1.165) is 15.9 Å². The predicted molar refractivity (Wildman–Crippen MR) is 71.0 cm³/mol. The van der Waals surface area contributed by atoms with Crippen molar-refractivity contribution in [2.75, 3.05) is 11.4 Å². The summed E-state index contributed by atoms with van der Waals surface area (Å²) in [7, 11) is -2.62. The second-order valence-corrected chi connectivity index (χ2v) is 5.93. The Labute approximate surface area is 111 Å². The van der Waals surface area contributed by atoms with Gasteiger partial charge < -0.3 is 0 Å². The zero-order valence-electron chi connectivity index (χ0n) is 10.5. The number of hydrogen-bond acceptors (Lipinski definition) is 3. The van der Waals surface area contributed by atoms with Crippen LogP contribution in [0.2, 0.25) is 0 Å². The molecule has 0 atom stereocenters. The van der Waals surface area contributed by atoms with Crippen LogP contribution in [0.4, 0.5) is 10.1 Å². The van der Waals surface area contributed by atoms with Gasteiger partial charge in [0.1, 0.15) is 0 Å². The smallest absolute Gasteiger partial charge is 0.268 e. The van der Waals surface area contributed by atoms with Crippen molar-refractivity contribution in [2.24, 2.45) is 0 Å². The average Bonchev–Trinajstić information content (AvgIpc) is 2.39. The third kappa shape index (κ3) is 2.44. The van der Waals surface area contributed by atoms with Gasteiger partial charge in [-0.25, -0.2) is 9.37 Å². The Bertz CT molecular complexity index is 701. The van der Waals surface area contributed by atoms with Gasteiger partial charge in [-0.05, 0) is 30.7 Å². The first-order valence-corrected chi connectivity index (χ1v) is 7.03. The quantitative estimate of drug-likeness (QED) is 0.867. The number of halogens is 1. The summed E-state index contributed by atoms with van der Waals surface area (Å²) in [6.45, 7) is 1.79. The molecule has 4 nitrogen and oxygen atoms in total. The molecule has 1 aromatic carbocycles. The molecule has 0 saturated carbocycles. The molecule has 1 aromatic heterocycles. The Balaban J connectivity index is 2.52. The summed E-state index contributed by atoms with van der Waals surface area (Å²) < 4.78 is 39.3. The highest BCUT2D eigenvalue weighted by atomic mass is 32.2. The van der Waals surface area contributed by atoms with Crippen LogP contribution in [0.25, 0.3) is 0 Å². The third-order valence-corrected chi connectivity index (χ3v) is 4.49. The Kier molecular flexibility index (Phi) is 3.53. The van der Waals surface area contributed by atoms with E-state index in [4.69, 9.17) is 0 Å². The van der Waals surface area contributed by atoms with Crippen LogP contribution in [0.3, 0.4) is 0 Å². The highest BCUT2D eigenvalue weighted by molar-refractivity contribution is 7.92. The first kappa shape index (κ1) is 13.5. The molecule has 19 heavy (non-hydrogen) atoms. The van der Waals surface area contributed by atoms with Crippen molar-refractivity contribution in [3.8, 4) is 0 Å². The van der Waals surface area contributed by atoms with E-state index >= 15 is 0 Å². The lowest BCUT2D eigenvalue weighted by atomic mass is 10.2. The highest BCUT2D eigenvalue weighted by Crippen LogP contribution is 2.24. The average molecular weight is 280 g/mol. The van der Waals surface area contributed by atoms with E-state index in [1.165, 1.54) is 19.3 Å². The fraction of sp³-hybridized carbons (Fsp3) is 0.154. The van der Waals surface area contributed by atoms with Crippen LogP contribution in [0, 0.1) is 12.7 Å². The summed E-state index contributed by atoms with van der Waals surface area (Å²) in [5.74, 6) is -0.858. The van der Waals surface area contributed by atoms with E-state index in [1.807, 2.05) is 0 Å². The minimum Gasteiger partial charge on any atom is -0.268 e. The topological polar surface area (TPSA) is 50.3 Å². The molecule has 6 heteroatoms. The number of nitrogens with zero attached hydrogens (tertiary/aromatic N) is 2. The minimum absolute atomic E-state index is 0.493. The fourth-order valence-corrected chi connectivity index (χ4v) is 2.97. The molecule has 0 aliphatic rings. The largest absolute Gasteiger partial charge is 0.284 e. The number of para-hydroxylation sites is 1. The summed E-state index contributed by atoms with van der Waals surface area (Å²) in [5.41, 5.74) is 1.28. The van der Waals surface area contributed by atoms with Crippen molar-refractivity contribution in [3.05, 3.63) is 54.0 Å². The molecule has 0 aliphatic heterocycles. The van der Waals surface area contributed by atoms with Crippen molar-refractivity contribution in [2.45, 2.75) is 11.9 Å². The lowest BCUT2D eigenvalue weighted by Crippen LogP contribution is -2.28. The maximum absolute atomic E-state index is 13.6. The van der Waals surface area contributed by atoms with Gasteiger partial charge in [0.25, 0.3) is 10.0 Å². The summed E-state index contributed by atoms with van der Waals surface area (Å²) >= 11 is 0. The van der Waals surface area contributed by atoms with E-state index in [2.05, 4.69) is 4.98 Å². The van der Waals surface area contributed by atoms with Crippen molar-refractivity contribution < 1.29 is 12.8 Å². The number of hydrogen-bond donors (Lipinski definition) is 0. The Morgan fingerprint density at radius 1 is 1.16 bits per heavy atom. The maximum atomic E-state index is 13.6. The van der Waals surface area contributed by atoms with Gasteiger partial charge in [0, 0.05) is 13.2 Å². The van der Waals surface area contributed by atoms with Gasteiger partial charge in [-0.1, -0.05) is 18.2 Å². The third-order valence-electron chi connectivity index (χ3n) is 2.78. The first-order chi connectivity index (χ1) is 8.94. The molecule has 0 spiro atoms. The number of benzene rings is 1. The Morgan fingerprint density at radius 2 is 1.84 bits per heavy atom. The summed E-state index contributed by atoms with van der Waals surface area (Å²) in [6.07, 6.45) is 1.25. The molecule has 0 N–H and O–H groups in total. The van der Waals surface area contributed by atoms with Crippen LogP contribution >= 0.6 is 0 Å². The monoisotopic (exact) mass is 280 g/mol. The fourth-order valence-electron chi connectivity index (χ4n) is 1.74. The van der Waals surface area contributed by atoms with Gasteiger partial charge in [-0.15, -0.1) is 0 Å². The van der Waals surface area contributed by atoms with Crippen LogP contribution in [0.1, 0.15) is 5.56 Å². The second kappa shape index (κ2) is 4.97. The molecule has 2 aromatic rings. The normalized spacial score (nSPS) is 11.3. The Hall–Kier alpha value is -1.95. The van der Waals surface area contributed by atoms with Crippen molar-refractivity contribution >= 4 is 15.7 Å². The number of sulfonamides is 1. The predicted octanol–water partition coefficient (Wildman–Crippen LogP) is 2.35. The summed E-state index contributed by atoms with van der Waals surface area (Å²) in [6, 6.07) is 9.40. The van der Waals surface area contributed by atoms with E-state index in [0.29, 0.717) is 5.69 Å². The van der Waals surface area contributed by atoms with E-state index in [-0.39, 0.29) is 0 Å². The molecule has 0 bridgehead atoms. The zero-order valence-corrected chi connectivity index (χ0v) is 11.4. The SMILES string of the molecule is Cc1ccccc1N(C)S(=O)(=O)c1ncccc1F. The van der Waals surface area contributed by atoms with Gasteiger partial charge >= 0.3 is 0 Å². The number of aromatic nitrogens is 1. The molecule has 0 saturated heterocycles. The molecule has 0 radical (unpaired) electrons. The van der Waals surface area contributed by atoms with Crippen molar-refractivity contribution in [1.29, 1.82) is 0 Å². The van der Waals surface area contributed by atoms with E-state index in [9.17, 15) is 12.8 Å². The highest BCUT2D eigenvalue weighted by Gasteiger charge is 2.26. The van der Waals surface area contributed by atoms with Gasteiger partial charge in [-0.3, -0.25) is 4.31 Å². The van der Waals surface area contributed by atoms with Crippen molar-refractivity contribution in [3.63, 3.8) is 0 Å². The molecule has 0 aliphatic carbocycles. The molecule has 2 rings (SSSR count). The molecule has 100 valence electrons. The zero-order chi connectivity index (χ0) is 14.0. The number of rotatable bonds is 3. The van der Waals surface area contributed by atoms with E-state index < -0.39 is 20.9 Å². The second-order valence-electron chi connectivity index (χ2n) is 4.05. The number of aryl methyl sites for hydroxylation is 1. The molecular formula is C13H13FN2O2S. The lowest BCUT2D eigenvalue weighted by molar-refractivity contribution is 0.552. The number of anilines is 1. The van der Waals surface area contributed by atoms with Crippen molar-refractivity contribution in [1.82, 2.24) is 4.98 Å². The molecule has 0 fully saturated rings. The van der Waals surface area contributed by atoms with Gasteiger partial charge in [0.2, 0.25) is 5.03 Å². The molecule has 0 amide bonds. The standard InChI is InChI=1S/C13H13FN2O2S/c1-10-6-3-4-8-12(10)16(2)19(17,18)13-11(14)7-5-9-15-13/h3-9H,1-2H3. The molecule has 0 unspecified atom stereocenters. The van der Waals surface area contributed by atoms with Crippen LogP contribution in [-0.4, -0.2) is 20.4 Å². The van der Waals surface area contributed by atoms with Gasteiger partial charge in [0.05, 0.1) is 5.69 Å². The summed E-state index contributed by atoms with van der Waals surface area (Å²) in [4.78, 5) is 3.62. The van der Waals surface area contributed by atoms with Crippen LogP contribution in [-0.2, 0) is 10.0 Å². The van der Waals surface area contributed by atoms with Crippen LogP contribution in [0.15, 0.2) is 47.6 Å². The minimum atomic E-state index is -4.00. The van der Waals surface area contributed by atoms with Crippen LogP contribution in [0.5, 0.6) is 0 Å². The van der Waals surface area contributed by atoms with Crippen LogP contribution < -0.4 is 4.31 Å². The maximum Gasteiger partial charge on any atom is 0.284 e. The van der Waals surface area contributed by atoms with Gasteiger partial charge in [-0.2, -0.15) is 8.42 Å². The first-order valence-electron chi connectivity index (χ1n) is 5.59.